The van der Waals surface area contributed by atoms with Crippen LogP contribution in [0.1, 0.15) is 35.7 Å². The Bertz CT molecular complexity index is 545. The second-order valence-corrected chi connectivity index (χ2v) is 6.29. The number of hydrogen-bond donors (Lipinski definition) is 2. The average molecular weight is 288 g/mol. The topological polar surface area (TPSA) is 61.6 Å². The molecule has 0 aliphatic carbocycles. The Morgan fingerprint density at radius 2 is 2.19 bits per heavy atom. The second-order valence-electron chi connectivity index (χ2n) is 6.29. The third-order valence-corrected chi connectivity index (χ3v) is 4.76. The van der Waals surface area contributed by atoms with Crippen LogP contribution in [0.2, 0.25) is 0 Å². The molecule has 1 aromatic rings. The lowest BCUT2D eigenvalue weighted by molar-refractivity contribution is 0.0396. The molecule has 3 rings (SSSR count). The summed E-state index contributed by atoms with van der Waals surface area (Å²) in [5.41, 5.74) is 5.10. The number of anilines is 1. The molecule has 2 heterocycles. The van der Waals surface area contributed by atoms with E-state index < -0.39 is 0 Å². The number of nitrogens with zero attached hydrogens (tertiary/aromatic N) is 2. The van der Waals surface area contributed by atoms with Crippen molar-refractivity contribution in [1.82, 2.24) is 9.80 Å². The van der Waals surface area contributed by atoms with Crippen molar-refractivity contribution < 1.29 is 4.79 Å². The highest BCUT2D eigenvalue weighted by Crippen LogP contribution is 2.27. The Labute approximate surface area is 126 Å². The fourth-order valence-electron chi connectivity index (χ4n) is 3.59. The Morgan fingerprint density at radius 3 is 2.95 bits per heavy atom. The van der Waals surface area contributed by atoms with Crippen LogP contribution in [0.25, 0.3) is 0 Å². The van der Waals surface area contributed by atoms with Gasteiger partial charge in [-0.25, -0.2) is 0 Å². The molecule has 2 atom stereocenters. The van der Waals surface area contributed by atoms with E-state index in [1.807, 2.05) is 30.0 Å². The molecule has 5 heteroatoms. The first-order valence-corrected chi connectivity index (χ1v) is 7.72. The van der Waals surface area contributed by atoms with Crippen LogP contribution in [-0.2, 0) is 0 Å². The van der Waals surface area contributed by atoms with Crippen molar-refractivity contribution >= 4 is 11.6 Å². The van der Waals surface area contributed by atoms with Gasteiger partial charge in [0.2, 0.25) is 0 Å². The first-order chi connectivity index (χ1) is 10.1. The Morgan fingerprint density at radius 1 is 1.38 bits per heavy atom. The number of amides is 1. The van der Waals surface area contributed by atoms with E-state index in [-0.39, 0.29) is 11.9 Å². The number of piperazine rings is 1. The fraction of sp³-hybridized carbons (Fsp3) is 0.562. The van der Waals surface area contributed by atoms with Gasteiger partial charge in [0.05, 0.1) is 11.3 Å². The van der Waals surface area contributed by atoms with E-state index in [4.69, 9.17) is 5.84 Å². The Balaban J connectivity index is 1.86. The number of aryl methyl sites for hydroxylation is 1. The van der Waals surface area contributed by atoms with E-state index in [0.717, 1.165) is 18.7 Å². The zero-order valence-electron chi connectivity index (χ0n) is 12.8. The average Bonchev–Trinajstić information content (AvgIpc) is 2.92. The van der Waals surface area contributed by atoms with Gasteiger partial charge >= 0.3 is 0 Å². The van der Waals surface area contributed by atoms with Crippen molar-refractivity contribution in [2.75, 3.05) is 25.1 Å². The van der Waals surface area contributed by atoms with Gasteiger partial charge in [-0.2, -0.15) is 0 Å². The van der Waals surface area contributed by atoms with Gasteiger partial charge in [0, 0.05) is 25.2 Å². The Hall–Kier alpha value is -1.59. The number of nitrogen functional groups attached to an aromatic ring is 1. The number of hydrogen-bond acceptors (Lipinski definition) is 4. The SMILES string of the molecule is Cc1ccc(NN)c(C(=O)N2CC3CCCN3CC2C)c1. The molecule has 2 aliphatic rings. The number of carbonyl (C=O) groups excluding carboxylic acids is 1. The van der Waals surface area contributed by atoms with E-state index in [1.165, 1.54) is 19.4 Å². The number of nitrogens with two attached hydrogens (primary N) is 1. The van der Waals surface area contributed by atoms with Gasteiger partial charge in [0.25, 0.3) is 5.91 Å². The van der Waals surface area contributed by atoms with Crippen LogP contribution >= 0.6 is 0 Å². The number of benzene rings is 1. The quantitative estimate of drug-likeness (QED) is 0.641. The largest absolute Gasteiger partial charge is 0.333 e. The lowest BCUT2D eigenvalue weighted by Crippen LogP contribution is -2.56. The van der Waals surface area contributed by atoms with Crippen molar-refractivity contribution in [1.29, 1.82) is 0 Å². The lowest BCUT2D eigenvalue weighted by atomic mass is 10.0. The molecule has 0 aromatic heterocycles. The maximum absolute atomic E-state index is 12.9. The number of hydrazine groups is 1. The zero-order chi connectivity index (χ0) is 15.0. The van der Waals surface area contributed by atoms with E-state index >= 15 is 0 Å². The van der Waals surface area contributed by atoms with Crippen molar-refractivity contribution in [3.8, 4) is 0 Å². The molecule has 0 spiro atoms. The minimum Gasteiger partial charge on any atom is -0.333 e. The van der Waals surface area contributed by atoms with Crippen LogP contribution in [0.3, 0.4) is 0 Å². The number of fused-ring (bicyclic) bond motifs is 1. The summed E-state index contributed by atoms with van der Waals surface area (Å²) in [6, 6.07) is 6.54. The summed E-state index contributed by atoms with van der Waals surface area (Å²) < 4.78 is 0. The molecule has 0 bridgehead atoms. The first-order valence-electron chi connectivity index (χ1n) is 7.72. The predicted octanol–water partition coefficient (Wildman–Crippen LogP) is 1.59. The van der Waals surface area contributed by atoms with Crippen LogP contribution in [0.5, 0.6) is 0 Å². The summed E-state index contributed by atoms with van der Waals surface area (Å²) in [7, 11) is 0. The van der Waals surface area contributed by atoms with Crippen LogP contribution in [0.4, 0.5) is 5.69 Å². The maximum atomic E-state index is 12.9. The molecule has 0 saturated carbocycles. The molecule has 1 amide bonds. The van der Waals surface area contributed by atoms with Gasteiger partial charge in [-0.3, -0.25) is 15.5 Å². The van der Waals surface area contributed by atoms with Gasteiger partial charge in [-0.15, -0.1) is 0 Å². The monoisotopic (exact) mass is 288 g/mol. The normalized spacial score (nSPS) is 25.8. The lowest BCUT2D eigenvalue weighted by Gasteiger charge is -2.42. The third kappa shape index (κ3) is 2.63. The summed E-state index contributed by atoms with van der Waals surface area (Å²) in [5, 5.41) is 0. The van der Waals surface area contributed by atoms with Crippen molar-refractivity contribution in [2.45, 2.75) is 38.8 Å². The van der Waals surface area contributed by atoms with Crippen molar-refractivity contribution in [3.63, 3.8) is 0 Å². The van der Waals surface area contributed by atoms with Crippen LogP contribution in [0.15, 0.2) is 18.2 Å². The van der Waals surface area contributed by atoms with Crippen LogP contribution < -0.4 is 11.3 Å². The van der Waals surface area contributed by atoms with Gasteiger partial charge in [0.15, 0.2) is 0 Å². The number of nitrogens with one attached hydrogen (secondary N) is 1. The van der Waals surface area contributed by atoms with Gasteiger partial charge in [-0.05, 0) is 45.4 Å². The zero-order valence-corrected chi connectivity index (χ0v) is 12.8. The molecule has 0 radical (unpaired) electrons. The van der Waals surface area contributed by atoms with Crippen molar-refractivity contribution in [2.24, 2.45) is 5.84 Å². The van der Waals surface area contributed by atoms with Gasteiger partial charge in [0.1, 0.15) is 0 Å². The third-order valence-electron chi connectivity index (χ3n) is 4.76. The van der Waals surface area contributed by atoms with Gasteiger partial charge < -0.3 is 10.3 Å². The predicted molar refractivity (Wildman–Crippen MR) is 84.1 cm³/mol. The summed E-state index contributed by atoms with van der Waals surface area (Å²) in [6.45, 7) is 7.12. The molecule has 2 fully saturated rings. The highest BCUT2D eigenvalue weighted by Gasteiger charge is 2.37. The molecule has 2 saturated heterocycles. The molecular formula is C16H24N4O. The van der Waals surface area contributed by atoms with E-state index in [1.54, 1.807) is 0 Å². The van der Waals surface area contributed by atoms with Gasteiger partial charge in [-0.1, -0.05) is 11.6 Å². The molecular weight excluding hydrogens is 264 g/mol. The summed E-state index contributed by atoms with van der Waals surface area (Å²) >= 11 is 0. The van der Waals surface area contributed by atoms with Crippen LogP contribution in [0, 0.1) is 6.92 Å². The molecule has 21 heavy (non-hydrogen) atoms. The number of carbonyl (C=O) groups is 1. The first kappa shape index (κ1) is 14.4. The molecule has 114 valence electrons. The molecule has 5 nitrogen and oxygen atoms in total. The highest BCUT2D eigenvalue weighted by molar-refractivity contribution is 6.00. The smallest absolute Gasteiger partial charge is 0.256 e. The van der Waals surface area contributed by atoms with Crippen molar-refractivity contribution in [3.05, 3.63) is 29.3 Å². The molecule has 2 aliphatic heterocycles. The Kier molecular flexibility index (Phi) is 3.87. The minimum absolute atomic E-state index is 0.0886. The highest BCUT2D eigenvalue weighted by atomic mass is 16.2. The summed E-state index contributed by atoms with van der Waals surface area (Å²) in [4.78, 5) is 17.5. The number of rotatable bonds is 2. The molecule has 3 N–H and O–H groups in total. The summed E-state index contributed by atoms with van der Waals surface area (Å²) in [6.07, 6.45) is 2.45. The second kappa shape index (κ2) is 5.66. The van der Waals surface area contributed by atoms with E-state index in [2.05, 4.69) is 17.2 Å². The van der Waals surface area contributed by atoms with E-state index in [0.29, 0.717) is 17.3 Å². The summed E-state index contributed by atoms with van der Waals surface area (Å²) in [5.74, 6) is 5.65. The standard InChI is InChI=1S/C16H24N4O/c1-11-5-6-15(18-17)14(8-11)16(21)20-10-13-4-3-7-19(13)9-12(20)2/h5-6,8,12-13,18H,3-4,7,9-10,17H2,1-2H3. The molecule has 2 unspecified atom stereocenters. The minimum atomic E-state index is 0.0886. The maximum Gasteiger partial charge on any atom is 0.256 e. The molecule has 1 aromatic carbocycles. The van der Waals surface area contributed by atoms with E-state index in [9.17, 15) is 4.79 Å². The fourth-order valence-corrected chi connectivity index (χ4v) is 3.59. The van der Waals surface area contributed by atoms with Crippen LogP contribution in [-0.4, -0.2) is 47.4 Å².